The summed E-state index contributed by atoms with van der Waals surface area (Å²) < 4.78 is 0. The Hall–Kier alpha value is -0.650. The highest BCUT2D eigenvalue weighted by molar-refractivity contribution is 5.69. The zero-order chi connectivity index (χ0) is 20.0. The molecule has 0 rings (SSSR count). The van der Waals surface area contributed by atoms with E-state index in [4.69, 9.17) is 15.3 Å². The fourth-order valence-corrected chi connectivity index (χ4v) is 2.79. The van der Waals surface area contributed by atoms with Crippen LogP contribution in [0.15, 0.2) is 0 Å². The number of hydrogen-bond acceptors (Lipinski definition) is 4. The van der Waals surface area contributed by atoms with Crippen LogP contribution in [0.25, 0.3) is 0 Å². The van der Waals surface area contributed by atoms with Gasteiger partial charge in [0, 0.05) is 0 Å². The molecule has 0 fully saturated rings. The van der Waals surface area contributed by atoms with E-state index in [1.807, 2.05) is 0 Å². The van der Waals surface area contributed by atoms with Crippen LogP contribution in [0.1, 0.15) is 104 Å². The van der Waals surface area contributed by atoms with E-state index in [0.717, 1.165) is 25.7 Å². The van der Waals surface area contributed by atoms with Crippen molar-refractivity contribution in [3.63, 3.8) is 0 Å². The second kappa shape index (κ2) is 22.4. The molecule has 0 bridgehead atoms. The molecule has 5 heteroatoms. The van der Waals surface area contributed by atoms with Gasteiger partial charge in [-0.05, 0) is 12.8 Å². The number of aliphatic hydroxyl groups is 3. The minimum atomic E-state index is -0.954. The zero-order valence-electron chi connectivity index (χ0n) is 17.2. The van der Waals surface area contributed by atoms with E-state index in [-0.39, 0.29) is 19.1 Å². The van der Waals surface area contributed by atoms with Gasteiger partial charge >= 0.3 is 5.97 Å². The molecular weight excluding hydrogens is 332 g/mol. The quantitative estimate of drug-likeness (QED) is 0.280. The first-order chi connectivity index (χ1) is 12.5. The monoisotopic (exact) mass is 376 g/mol. The fraction of sp³-hybridized carbons (Fsp3) is 0.952. The molecule has 0 aromatic rings. The van der Waals surface area contributed by atoms with Crippen molar-refractivity contribution in [3.05, 3.63) is 0 Å². The van der Waals surface area contributed by atoms with Gasteiger partial charge in [0.15, 0.2) is 0 Å². The van der Waals surface area contributed by atoms with Gasteiger partial charge in [-0.2, -0.15) is 0 Å². The van der Waals surface area contributed by atoms with E-state index in [2.05, 4.69) is 13.8 Å². The topological polar surface area (TPSA) is 98.0 Å². The van der Waals surface area contributed by atoms with Crippen molar-refractivity contribution < 1.29 is 25.2 Å². The van der Waals surface area contributed by atoms with Crippen LogP contribution < -0.4 is 0 Å². The molecule has 0 aliphatic rings. The minimum Gasteiger partial charge on any atom is -0.481 e. The maximum absolute atomic E-state index is 11.2. The van der Waals surface area contributed by atoms with Crippen molar-refractivity contribution in [2.45, 2.75) is 110 Å². The Bertz CT molecular complexity index is 264. The third kappa shape index (κ3) is 21.4. The van der Waals surface area contributed by atoms with Gasteiger partial charge in [0.05, 0.1) is 19.1 Å². The Labute approximate surface area is 160 Å². The SMILES string of the molecule is CCCCCCCCC(CCCCCCCC)C(=O)O.OCC(O)CO. The minimum absolute atomic E-state index is 0.0904. The molecule has 0 amide bonds. The average Bonchev–Trinajstić information content (AvgIpc) is 2.65. The number of carboxylic acid groups (broad SMARTS) is 1. The van der Waals surface area contributed by atoms with Crippen LogP contribution in [-0.4, -0.2) is 45.7 Å². The van der Waals surface area contributed by atoms with E-state index in [9.17, 15) is 9.90 Å². The van der Waals surface area contributed by atoms with Crippen LogP contribution in [0.2, 0.25) is 0 Å². The van der Waals surface area contributed by atoms with E-state index in [1.165, 1.54) is 64.2 Å². The summed E-state index contributed by atoms with van der Waals surface area (Å²) in [7, 11) is 0. The van der Waals surface area contributed by atoms with E-state index >= 15 is 0 Å². The van der Waals surface area contributed by atoms with Crippen molar-refractivity contribution in [2.75, 3.05) is 13.2 Å². The predicted octanol–water partition coefficient (Wildman–Crippen LogP) is 4.52. The molecule has 26 heavy (non-hydrogen) atoms. The predicted molar refractivity (Wildman–Crippen MR) is 107 cm³/mol. The maximum Gasteiger partial charge on any atom is 0.306 e. The third-order valence-electron chi connectivity index (χ3n) is 4.58. The van der Waals surface area contributed by atoms with Gasteiger partial charge in [-0.25, -0.2) is 0 Å². The number of carboxylic acids is 1. The normalized spacial score (nSPS) is 10.9. The van der Waals surface area contributed by atoms with Crippen LogP contribution >= 0.6 is 0 Å². The Morgan fingerprint density at radius 1 is 0.692 bits per heavy atom. The highest BCUT2D eigenvalue weighted by Crippen LogP contribution is 2.19. The van der Waals surface area contributed by atoms with Gasteiger partial charge in [-0.3, -0.25) is 4.79 Å². The summed E-state index contributed by atoms with van der Waals surface area (Å²) in [6, 6.07) is 0. The van der Waals surface area contributed by atoms with Crippen molar-refractivity contribution in [3.8, 4) is 0 Å². The molecule has 0 aliphatic carbocycles. The van der Waals surface area contributed by atoms with Gasteiger partial charge in [0.25, 0.3) is 0 Å². The number of aliphatic hydroxyl groups excluding tert-OH is 3. The maximum atomic E-state index is 11.2. The Morgan fingerprint density at radius 3 is 1.31 bits per heavy atom. The smallest absolute Gasteiger partial charge is 0.306 e. The van der Waals surface area contributed by atoms with Crippen LogP contribution in [0, 0.1) is 5.92 Å². The average molecular weight is 377 g/mol. The molecule has 0 atom stereocenters. The second-order valence-electron chi connectivity index (χ2n) is 7.17. The van der Waals surface area contributed by atoms with Gasteiger partial charge < -0.3 is 20.4 Å². The van der Waals surface area contributed by atoms with Crippen LogP contribution in [0.5, 0.6) is 0 Å². The van der Waals surface area contributed by atoms with Gasteiger partial charge in [0.1, 0.15) is 6.10 Å². The lowest BCUT2D eigenvalue weighted by molar-refractivity contribution is -0.142. The molecule has 0 aliphatic heterocycles. The first-order valence-corrected chi connectivity index (χ1v) is 10.7. The number of aliphatic carboxylic acids is 1. The van der Waals surface area contributed by atoms with Crippen LogP contribution in [0.4, 0.5) is 0 Å². The molecule has 158 valence electrons. The summed E-state index contributed by atoms with van der Waals surface area (Å²) in [6.45, 7) is 3.72. The molecule has 0 unspecified atom stereocenters. The molecule has 0 aromatic carbocycles. The summed E-state index contributed by atoms with van der Waals surface area (Å²) >= 11 is 0. The second-order valence-corrected chi connectivity index (χ2v) is 7.17. The number of rotatable bonds is 17. The highest BCUT2D eigenvalue weighted by Gasteiger charge is 2.16. The highest BCUT2D eigenvalue weighted by atomic mass is 16.4. The molecule has 5 nitrogen and oxygen atoms in total. The largest absolute Gasteiger partial charge is 0.481 e. The van der Waals surface area contributed by atoms with Gasteiger partial charge in [-0.15, -0.1) is 0 Å². The Balaban J connectivity index is 0. The van der Waals surface area contributed by atoms with Crippen molar-refractivity contribution >= 4 is 5.97 Å². The first-order valence-electron chi connectivity index (χ1n) is 10.7. The summed E-state index contributed by atoms with van der Waals surface area (Å²) in [5, 5.41) is 33.3. The van der Waals surface area contributed by atoms with Crippen LogP contribution in [-0.2, 0) is 4.79 Å². The first kappa shape index (κ1) is 27.6. The fourth-order valence-electron chi connectivity index (χ4n) is 2.79. The molecule has 0 aromatic heterocycles. The number of unbranched alkanes of at least 4 members (excludes halogenated alkanes) is 10. The van der Waals surface area contributed by atoms with E-state index in [1.54, 1.807) is 0 Å². The Morgan fingerprint density at radius 2 is 1.04 bits per heavy atom. The molecule has 0 radical (unpaired) electrons. The van der Waals surface area contributed by atoms with E-state index in [0.29, 0.717) is 0 Å². The van der Waals surface area contributed by atoms with Crippen LogP contribution in [0.3, 0.4) is 0 Å². The van der Waals surface area contributed by atoms with E-state index < -0.39 is 12.1 Å². The Kier molecular flexibility index (Phi) is 23.7. The molecule has 0 spiro atoms. The molecule has 4 N–H and O–H groups in total. The standard InChI is InChI=1S/C18H36O2.C3H8O3/c1-3-5-7-9-11-13-15-17(18(19)20)16-14-12-10-8-6-4-2;4-1-3(6)2-5/h17H,3-16H2,1-2H3,(H,19,20);3-6H,1-2H2. The summed E-state index contributed by atoms with van der Waals surface area (Å²) in [4.78, 5) is 11.2. The third-order valence-corrected chi connectivity index (χ3v) is 4.58. The molecular formula is C21H44O5. The molecule has 0 heterocycles. The number of carbonyl (C=O) groups is 1. The lowest BCUT2D eigenvalue weighted by Crippen LogP contribution is -2.15. The lowest BCUT2D eigenvalue weighted by atomic mass is 9.94. The number of hydrogen-bond donors (Lipinski definition) is 4. The zero-order valence-corrected chi connectivity index (χ0v) is 17.2. The van der Waals surface area contributed by atoms with Crippen molar-refractivity contribution in [2.24, 2.45) is 5.92 Å². The van der Waals surface area contributed by atoms with Gasteiger partial charge in [-0.1, -0.05) is 90.9 Å². The van der Waals surface area contributed by atoms with Gasteiger partial charge in [0.2, 0.25) is 0 Å². The summed E-state index contributed by atoms with van der Waals surface area (Å²) in [5.74, 6) is -0.667. The summed E-state index contributed by atoms with van der Waals surface area (Å²) in [5.41, 5.74) is 0. The van der Waals surface area contributed by atoms with Crippen molar-refractivity contribution in [1.29, 1.82) is 0 Å². The molecule has 0 saturated heterocycles. The lowest BCUT2D eigenvalue weighted by Gasteiger charge is -2.12. The molecule has 0 saturated carbocycles. The summed E-state index contributed by atoms with van der Waals surface area (Å²) in [6.07, 6.45) is 15.8. The van der Waals surface area contributed by atoms with Crippen molar-refractivity contribution in [1.82, 2.24) is 0 Å².